The van der Waals surface area contributed by atoms with Gasteiger partial charge in [-0.25, -0.2) is 14.2 Å². The highest BCUT2D eigenvalue weighted by Gasteiger charge is 2.33. The summed E-state index contributed by atoms with van der Waals surface area (Å²) in [5.41, 5.74) is 3.77. The van der Waals surface area contributed by atoms with E-state index in [2.05, 4.69) is 20.9 Å². The standard InChI is InChI=1S/C32H28BrFN2O5S/c1-5-40-31(38)28-19(3)35-32-36(29(28)21-11-9-18(2)10-12-21)30(37)27(42-32)15-22-14-25(39-4)26(16-24(22)33)41-17-20-7-6-8-23(34)13-20/h6-16,29H,5,17H2,1-4H3/b27-15+/t29-/m1/s1. The summed E-state index contributed by atoms with van der Waals surface area (Å²) in [4.78, 5) is 32.1. The Hall–Kier alpha value is -4.02. The highest BCUT2D eigenvalue weighted by atomic mass is 79.9. The number of hydrogen-bond donors (Lipinski definition) is 0. The zero-order valence-corrected chi connectivity index (χ0v) is 25.8. The number of aryl methyl sites for hydroxylation is 1. The van der Waals surface area contributed by atoms with Crippen molar-refractivity contribution in [3.8, 4) is 11.5 Å². The molecule has 0 fully saturated rings. The number of thiazole rings is 1. The lowest BCUT2D eigenvalue weighted by atomic mass is 9.95. The summed E-state index contributed by atoms with van der Waals surface area (Å²) in [6, 6.07) is 16.7. The third-order valence-electron chi connectivity index (χ3n) is 6.76. The van der Waals surface area contributed by atoms with Crippen LogP contribution in [0.5, 0.6) is 11.5 Å². The number of nitrogens with zero attached hydrogens (tertiary/aromatic N) is 2. The van der Waals surface area contributed by atoms with E-state index in [9.17, 15) is 14.0 Å². The molecule has 2 heterocycles. The van der Waals surface area contributed by atoms with Gasteiger partial charge in [0, 0.05) is 4.47 Å². The topological polar surface area (TPSA) is 79.1 Å². The Bertz CT molecular complexity index is 1880. The molecule has 1 aromatic heterocycles. The van der Waals surface area contributed by atoms with Crippen molar-refractivity contribution < 1.29 is 23.4 Å². The minimum atomic E-state index is -0.681. The van der Waals surface area contributed by atoms with Crippen LogP contribution in [0, 0.1) is 12.7 Å². The number of halogens is 2. The van der Waals surface area contributed by atoms with Crippen molar-refractivity contribution in [2.24, 2.45) is 4.99 Å². The van der Waals surface area contributed by atoms with Crippen LogP contribution in [-0.2, 0) is 16.1 Å². The van der Waals surface area contributed by atoms with Gasteiger partial charge in [-0.2, -0.15) is 0 Å². The van der Waals surface area contributed by atoms with Crippen LogP contribution in [0.25, 0.3) is 6.08 Å². The zero-order valence-electron chi connectivity index (χ0n) is 23.4. The van der Waals surface area contributed by atoms with Gasteiger partial charge in [0.1, 0.15) is 12.4 Å². The van der Waals surface area contributed by atoms with E-state index in [-0.39, 0.29) is 24.6 Å². The van der Waals surface area contributed by atoms with Crippen LogP contribution < -0.4 is 24.4 Å². The van der Waals surface area contributed by atoms with Gasteiger partial charge in [-0.3, -0.25) is 9.36 Å². The summed E-state index contributed by atoms with van der Waals surface area (Å²) in [7, 11) is 1.53. The minimum Gasteiger partial charge on any atom is -0.493 e. The fourth-order valence-corrected chi connectivity index (χ4v) is 6.19. The highest BCUT2D eigenvalue weighted by Crippen LogP contribution is 2.35. The highest BCUT2D eigenvalue weighted by molar-refractivity contribution is 9.10. The van der Waals surface area contributed by atoms with Crippen LogP contribution in [0.4, 0.5) is 4.39 Å². The predicted molar refractivity (Wildman–Crippen MR) is 163 cm³/mol. The van der Waals surface area contributed by atoms with E-state index < -0.39 is 12.0 Å². The second-order valence-corrected chi connectivity index (χ2v) is 11.5. The predicted octanol–water partition coefficient (Wildman–Crippen LogP) is 5.60. The number of esters is 1. The molecule has 0 saturated heterocycles. The van der Waals surface area contributed by atoms with Crippen LogP contribution in [-0.4, -0.2) is 24.3 Å². The van der Waals surface area contributed by atoms with Gasteiger partial charge in [0.05, 0.1) is 35.6 Å². The molecule has 0 spiro atoms. The van der Waals surface area contributed by atoms with E-state index in [0.717, 1.165) is 11.1 Å². The van der Waals surface area contributed by atoms with Crippen molar-refractivity contribution in [2.75, 3.05) is 13.7 Å². The number of carbonyl (C=O) groups is 1. The normalized spacial score (nSPS) is 14.8. The molecule has 0 radical (unpaired) electrons. The molecular weight excluding hydrogens is 623 g/mol. The zero-order chi connectivity index (χ0) is 30.0. The van der Waals surface area contributed by atoms with E-state index in [1.54, 1.807) is 48.8 Å². The van der Waals surface area contributed by atoms with E-state index in [1.165, 1.54) is 30.6 Å². The van der Waals surface area contributed by atoms with Crippen LogP contribution in [0.15, 0.2) is 86.2 Å². The maximum absolute atomic E-state index is 13.9. The second kappa shape index (κ2) is 12.5. The molecule has 7 nitrogen and oxygen atoms in total. The van der Waals surface area contributed by atoms with Gasteiger partial charge < -0.3 is 14.2 Å². The molecule has 0 saturated carbocycles. The summed E-state index contributed by atoms with van der Waals surface area (Å²) in [6.45, 7) is 5.84. The summed E-state index contributed by atoms with van der Waals surface area (Å²) >= 11 is 4.83. The number of allylic oxidation sites excluding steroid dienone is 1. The van der Waals surface area contributed by atoms with Crippen LogP contribution in [0.1, 0.15) is 42.1 Å². The number of methoxy groups -OCH3 is 1. The van der Waals surface area contributed by atoms with Gasteiger partial charge in [0.25, 0.3) is 5.56 Å². The summed E-state index contributed by atoms with van der Waals surface area (Å²) in [5.74, 6) is 0.0723. The first-order chi connectivity index (χ1) is 20.2. The number of aromatic nitrogens is 1. The average Bonchev–Trinajstić information content (AvgIpc) is 3.26. The first kappa shape index (κ1) is 29.5. The smallest absolute Gasteiger partial charge is 0.338 e. The Morgan fingerprint density at radius 3 is 2.57 bits per heavy atom. The Labute approximate surface area is 254 Å². The molecule has 0 aliphatic carbocycles. The molecule has 0 amide bonds. The third-order valence-corrected chi connectivity index (χ3v) is 8.43. The SMILES string of the molecule is CCOC(=O)C1=C(C)N=c2s/c(=C/c3cc(OC)c(OCc4cccc(F)c4)cc3Br)c(=O)n2[C@@H]1c1ccc(C)cc1. The maximum Gasteiger partial charge on any atom is 0.338 e. The van der Waals surface area contributed by atoms with Crippen molar-refractivity contribution in [1.82, 2.24) is 4.57 Å². The van der Waals surface area contributed by atoms with Crippen LogP contribution >= 0.6 is 27.3 Å². The minimum absolute atomic E-state index is 0.152. The number of hydrogen-bond acceptors (Lipinski definition) is 7. The van der Waals surface area contributed by atoms with E-state index >= 15 is 0 Å². The maximum atomic E-state index is 13.9. The van der Waals surface area contributed by atoms with Crippen molar-refractivity contribution in [3.05, 3.63) is 124 Å². The Balaban J connectivity index is 1.57. The number of benzene rings is 3. The largest absolute Gasteiger partial charge is 0.493 e. The van der Waals surface area contributed by atoms with E-state index in [0.29, 0.717) is 47.7 Å². The molecule has 1 aliphatic rings. The van der Waals surface area contributed by atoms with Gasteiger partial charge in [0.2, 0.25) is 0 Å². The number of fused-ring (bicyclic) bond motifs is 1. The summed E-state index contributed by atoms with van der Waals surface area (Å²) in [5, 5.41) is 0. The van der Waals surface area contributed by atoms with Gasteiger partial charge in [-0.05, 0) is 67.8 Å². The molecule has 5 rings (SSSR count). The van der Waals surface area contributed by atoms with Gasteiger partial charge in [0.15, 0.2) is 16.3 Å². The molecule has 42 heavy (non-hydrogen) atoms. The lowest BCUT2D eigenvalue weighted by Crippen LogP contribution is -2.39. The molecule has 0 unspecified atom stereocenters. The molecule has 216 valence electrons. The first-order valence-electron chi connectivity index (χ1n) is 13.2. The van der Waals surface area contributed by atoms with Crippen molar-refractivity contribution in [3.63, 3.8) is 0 Å². The summed E-state index contributed by atoms with van der Waals surface area (Å²) < 4.78 is 33.1. The number of carbonyl (C=O) groups excluding carboxylic acids is 1. The lowest BCUT2D eigenvalue weighted by Gasteiger charge is -2.24. The molecule has 0 bridgehead atoms. The molecule has 1 atom stereocenters. The molecular formula is C32H28BrFN2O5S. The molecule has 0 N–H and O–H groups in total. The van der Waals surface area contributed by atoms with Crippen molar-refractivity contribution in [2.45, 2.75) is 33.4 Å². The summed E-state index contributed by atoms with van der Waals surface area (Å²) in [6.07, 6.45) is 1.75. The molecule has 10 heteroatoms. The lowest BCUT2D eigenvalue weighted by molar-refractivity contribution is -0.139. The Kier molecular flexibility index (Phi) is 8.74. The van der Waals surface area contributed by atoms with Crippen molar-refractivity contribution in [1.29, 1.82) is 0 Å². The van der Waals surface area contributed by atoms with Gasteiger partial charge >= 0.3 is 5.97 Å². The Morgan fingerprint density at radius 2 is 1.88 bits per heavy atom. The quantitative estimate of drug-likeness (QED) is 0.232. The second-order valence-electron chi connectivity index (χ2n) is 9.66. The van der Waals surface area contributed by atoms with E-state index in [1.807, 2.05) is 31.2 Å². The van der Waals surface area contributed by atoms with Gasteiger partial charge in [-0.1, -0.05) is 69.2 Å². The molecule has 1 aliphatic heterocycles. The van der Waals surface area contributed by atoms with Crippen LogP contribution in [0.2, 0.25) is 0 Å². The van der Waals surface area contributed by atoms with Gasteiger partial charge in [-0.15, -0.1) is 0 Å². The fourth-order valence-electron chi connectivity index (χ4n) is 4.72. The third kappa shape index (κ3) is 5.96. The molecule has 3 aromatic carbocycles. The molecule has 4 aromatic rings. The number of ether oxygens (including phenoxy) is 3. The average molecular weight is 652 g/mol. The number of rotatable bonds is 8. The van der Waals surface area contributed by atoms with Crippen molar-refractivity contribution >= 4 is 39.3 Å². The van der Waals surface area contributed by atoms with E-state index in [4.69, 9.17) is 14.2 Å². The monoisotopic (exact) mass is 650 g/mol. The fraction of sp³-hybridized carbons (Fsp3) is 0.219. The Morgan fingerprint density at radius 1 is 1.12 bits per heavy atom. The first-order valence-corrected chi connectivity index (χ1v) is 14.8. The van der Waals surface area contributed by atoms with Crippen LogP contribution in [0.3, 0.4) is 0 Å².